The van der Waals surface area contributed by atoms with Gasteiger partial charge in [-0.1, -0.05) is 17.7 Å². The molecule has 116 valence electrons. The Bertz CT molecular complexity index is 489. The maximum absolute atomic E-state index is 9.66. The predicted octanol–water partition coefficient (Wildman–Crippen LogP) is 2.30. The topological polar surface area (TPSA) is 35.9 Å². The quantitative estimate of drug-likeness (QED) is 0.929. The monoisotopic (exact) mass is 310 g/mol. The first-order chi connectivity index (χ1) is 10.1. The van der Waals surface area contributed by atoms with Gasteiger partial charge in [0.25, 0.3) is 0 Å². The van der Waals surface area contributed by atoms with Gasteiger partial charge in [0, 0.05) is 42.9 Å². The van der Waals surface area contributed by atoms with E-state index in [1.807, 2.05) is 12.1 Å². The molecule has 0 saturated carbocycles. The second-order valence-electron chi connectivity index (χ2n) is 5.92. The maximum Gasteiger partial charge on any atom is 0.0776 e. The van der Waals surface area contributed by atoms with Crippen LogP contribution in [-0.2, 0) is 4.74 Å². The van der Waals surface area contributed by atoms with Crippen molar-refractivity contribution in [3.05, 3.63) is 28.8 Å². The zero-order valence-electron chi connectivity index (χ0n) is 12.5. The molecule has 5 heteroatoms. The molecular formula is C16H23ClN2O2. The number of halogens is 1. The highest BCUT2D eigenvalue weighted by molar-refractivity contribution is 6.31. The molecule has 1 aromatic carbocycles. The van der Waals surface area contributed by atoms with Crippen molar-refractivity contribution in [2.75, 3.05) is 44.3 Å². The molecule has 2 fully saturated rings. The van der Waals surface area contributed by atoms with Gasteiger partial charge >= 0.3 is 0 Å². The van der Waals surface area contributed by atoms with Crippen molar-refractivity contribution < 1.29 is 9.84 Å². The van der Waals surface area contributed by atoms with Crippen molar-refractivity contribution in [1.29, 1.82) is 0 Å². The summed E-state index contributed by atoms with van der Waals surface area (Å²) < 4.78 is 5.43. The second kappa shape index (κ2) is 6.53. The highest BCUT2D eigenvalue weighted by atomic mass is 35.5. The minimum absolute atomic E-state index is 0.522. The van der Waals surface area contributed by atoms with Crippen LogP contribution in [0.2, 0.25) is 5.02 Å². The normalized spacial score (nSPS) is 25.3. The average molecular weight is 311 g/mol. The second-order valence-corrected chi connectivity index (χ2v) is 6.33. The van der Waals surface area contributed by atoms with Crippen LogP contribution in [0.1, 0.15) is 25.0 Å². The van der Waals surface area contributed by atoms with Crippen LogP contribution in [0.5, 0.6) is 0 Å². The molecule has 0 radical (unpaired) electrons. The van der Waals surface area contributed by atoms with E-state index in [4.69, 9.17) is 16.3 Å². The zero-order chi connectivity index (χ0) is 14.8. The first-order valence-electron chi connectivity index (χ1n) is 7.69. The van der Waals surface area contributed by atoms with E-state index in [0.717, 1.165) is 50.6 Å². The molecule has 2 heterocycles. The van der Waals surface area contributed by atoms with Crippen molar-refractivity contribution in [2.45, 2.75) is 25.5 Å². The van der Waals surface area contributed by atoms with Crippen LogP contribution >= 0.6 is 11.6 Å². The highest BCUT2D eigenvalue weighted by Crippen LogP contribution is 2.30. The number of rotatable bonds is 3. The molecular weight excluding hydrogens is 288 g/mol. The number of morpholine rings is 1. The van der Waals surface area contributed by atoms with Crippen LogP contribution in [0.3, 0.4) is 0 Å². The van der Waals surface area contributed by atoms with Crippen LogP contribution in [0, 0.1) is 0 Å². The van der Waals surface area contributed by atoms with Gasteiger partial charge in [0.05, 0.1) is 19.3 Å². The molecule has 3 rings (SSSR count). The van der Waals surface area contributed by atoms with Gasteiger partial charge in [0.2, 0.25) is 0 Å². The molecule has 0 aliphatic carbocycles. The van der Waals surface area contributed by atoms with Crippen molar-refractivity contribution >= 4 is 17.3 Å². The van der Waals surface area contributed by atoms with Gasteiger partial charge in [-0.05, 0) is 31.0 Å². The molecule has 21 heavy (non-hydrogen) atoms. The lowest BCUT2D eigenvalue weighted by molar-refractivity contribution is 0.0209. The van der Waals surface area contributed by atoms with E-state index in [9.17, 15) is 5.11 Å². The van der Waals surface area contributed by atoms with Crippen molar-refractivity contribution in [3.63, 3.8) is 0 Å². The zero-order valence-corrected chi connectivity index (χ0v) is 13.2. The first kappa shape index (κ1) is 15.1. The number of hydrogen-bond donors (Lipinski definition) is 1. The summed E-state index contributed by atoms with van der Waals surface area (Å²) in [5.74, 6) is 0. The minimum atomic E-state index is -0.522. The summed E-state index contributed by atoms with van der Waals surface area (Å²) in [7, 11) is 0. The Morgan fingerprint density at radius 3 is 2.71 bits per heavy atom. The van der Waals surface area contributed by atoms with E-state index in [2.05, 4.69) is 15.9 Å². The Kier molecular flexibility index (Phi) is 4.69. The molecule has 0 spiro atoms. The molecule has 0 amide bonds. The van der Waals surface area contributed by atoms with Gasteiger partial charge in [0.1, 0.15) is 0 Å². The van der Waals surface area contributed by atoms with Gasteiger partial charge in [-0.15, -0.1) is 0 Å². The number of ether oxygens (including phenoxy) is 1. The fourth-order valence-corrected chi connectivity index (χ4v) is 3.60. The summed E-state index contributed by atoms with van der Waals surface area (Å²) in [6.45, 7) is 7.64. The largest absolute Gasteiger partial charge is 0.389 e. The molecule has 0 bridgehead atoms. The molecule has 2 aliphatic rings. The third kappa shape index (κ3) is 3.34. The third-order valence-corrected chi connectivity index (χ3v) is 4.85. The number of anilines is 1. The Labute approximate surface area is 131 Å². The number of aliphatic hydroxyl groups is 1. The van der Waals surface area contributed by atoms with Crippen molar-refractivity contribution in [3.8, 4) is 0 Å². The summed E-state index contributed by atoms with van der Waals surface area (Å²) in [5.41, 5.74) is 1.95. The Morgan fingerprint density at radius 1 is 1.29 bits per heavy atom. The number of nitrogens with zero attached hydrogens (tertiary/aromatic N) is 2. The summed E-state index contributed by atoms with van der Waals surface area (Å²) in [4.78, 5) is 4.92. The van der Waals surface area contributed by atoms with E-state index in [1.165, 1.54) is 6.42 Å². The maximum atomic E-state index is 9.66. The van der Waals surface area contributed by atoms with Crippen LogP contribution in [0.25, 0.3) is 0 Å². The van der Waals surface area contributed by atoms with Gasteiger partial charge in [-0.2, -0.15) is 0 Å². The van der Waals surface area contributed by atoms with Crippen LogP contribution < -0.4 is 4.90 Å². The number of hydrogen-bond acceptors (Lipinski definition) is 4. The van der Waals surface area contributed by atoms with Gasteiger partial charge in [-0.3, -0.25) is 4.90 Å². The fourth-order valence-electron chi connectivity index (χ4n) is 3.27. The van der Waals surface area contributed by atoms with Crippen LogP contribution in [0.4, 0.5) is 5.69 Å². The first-order valence-corrected chi connectivity index (χ1v) is 8.07. The van der Waals surface area contributed by atoms with Crippen LogP contribution in [-0.4, -0.2) is 55.4 Å². The average Bonchev–Trinajstić information content (AvgIpc) is 2.97. The molecule has 4 nitrogen and oxygen atoms in total. The van der Waals surface area contributed by atoms with Crippen molar-refractivity contribution in [1.82, 2.24) is 4.90 Å². The third-order valence-electron chi connectivity index (χ3n) is 4.52. The molecule has 1 N–H and O–H groups in total. The Balaban J connectivity index is 1.67. The van der Waals surface area contributed by atoms with Crippen LogP contribution in [0.15, 0.2) is 18.2 Å². The summed E-state index contributed by atoms with van der Waals surface area (Å²) in [6.07, 6.45) is 0.668. The standard InChI is InChI=1S/C16H23ClN2O2/c1-12(20)15-3-2-13(10-16(15)17)19-5-4-14(11-19)18-6-8-21-9-7-18/h2-3,10,12,14,20H,4-9,11H2,1H3. The smallest absolute Gasteiger partial charge is 0.0776 e. The Morgan fingerprint density at radius 2 is 2.05 bits per heavy atom. The van der Waals surface area contributed by atoms with Gasteiger partial charge in [0.15, 0.2) is 0 Å². The predicted molar refractivity (Wildman–Crippen MR) is 85.1 cm³/mol. The minimum Gasteiger partial charge on any atom is -0.389 e. The number of aliphatic hydroxyl groups excluding tert-OH is 1. The fraction of sp³-hybridized carbons (Fsp3) is 0.625. The van der Waals surface area contributed by atoms with E-state index in [1.54, 1.807) is 6.92 Å². The lowest BCUT2D eigenvalue weighted by atomic mass is 10.1. The molecule has 2 unspecified atom stereocenters. The molecule has 2 saturated heterocycles. The van der Waals surface area contributed by atoms with E-state index >= 15 is 0 Å². The lowest BCUT2D eigenvalue weighted by Crippen LogP contribution is -2.44. The number of benzene rings is 1. The van der Waals surface area contributed by atoms with E-state index in [-0.39, 0.29) is 0 Å². The lowest BCUT2D eigenvalue weighted by Gasteiger charge is -2.32. The summed E-state index contributed by atoms with van der Waals surface area (Å²) >= 11 is 6.27. The molecule has 1 aromatic rings. The molecule has 2 aliphatic heterocycles. The SMILES string of the molecule is CC(O)c1ccc(N2CCC(N3CCOCC3)C2)cc1Cl. The molecule has 0 aromatic heterocycles. The molecule has 2 atom stereocenters. The summed E-state index contributed by atoms with van der Waals surface area (Å²) in [6, 6.07) is 6.59. The van der Waals surface area contributed by atoms with Crippen molar-refractivity contribution in [2.24, 2.45) is 0 Å². The van der Waals surface area contributed by atoms with E-state index < -0.39 is 6.10 Å². The van der Waals surface area contributed by atoms with Gasteiger partial charge in [-0.25, -0.2) is 0 Å². The van der Waals surface area contributed by atoms with E-state index in [0.29, 0.717) is 11.1 Å². The Hall–Kier alpha value is -0.810. The highest BCUT2D eigenvalue weighted by Gasteiger charge is 2.29. The van der Waals surface area contributed by atoms with Gasteiger partial charge < -0.3 is 14.7 Å². The summed E-state index contributed by atoms with van der Waals surface area (Å²) in [5, 5.41) is 10.3.